The molecule has 5 heteroatoms. The van der Waals surface area contributed by atoms with Gasteiger partial charge in [0.1, 0.15) is 11.6 Å². The molecule has 0 spiro atoms. The van der Waals surface area contributed by atoms with Crippen LogP contribution in [0, 0.1) is 11.7 Å². The average Bonchev–Trinajstić information content (AvgIpc) is 2.22. The maximum atomic E-state index is 13.9. The summed E-state index contributed by atoms with van der Waals surface area (Å²) in [6.45, 7) is 2.55. The second kappa shape index (κ2) is 4.09. The molecule has 1 nitrogen and oxygen atoms in total. The van der Waals surface area contributed by atoms with E-state index < -0.39 is 30.2 Å². The first-order valence-electron chi connectivity index (χ1n) is 5.33. The molecule has 0 bridgehead atoms. The fraction of sp³-hybridized carbons (Fsp3) is 0.500. The SMILES string of the molecule is CC(C)C1c2c(ccc(Cl)c2F)OCC1(F)F. The van der Waals surface area contributed by atoms with Gasteiger partial charge in [0.15, 0.2) is 6.61 Å². The first-order chi connectivity index (χ1) is 7.84. The van der Waals surface area contributed by atoms with Crippen molar-refractivity contribution in [3.05, 3.63) is 28.5 Å². The summed E-state index contributed by atoms with van der Waals surface area (Å²) in [7, 11) is 0. The largest absolute Gasteiger partial charge is 0.487 e. The Labute approximate surface area is 103 Å². The van der Waals surface area contributed by atoms with E-state index in [-0.39, 0.29) is 16.3 Å². The molecule has 1 aromatic rings. The maximum Gasteiger partial charge on any atom is 0.288 e. The molecule has 0 N–H and O–H groups in total. The van der Waals surface area contributed by atoms with Crippen LogP contribution in [-0.4, -0.2) is 12.5 Å². The van der Waals surface area contributed by atoms with Crippen LogP contribution < -0.4 is 4.74 Å². The van der Waals surface area contributed by atoms with E-state index in [1.807, 2.05) is 0 Å². The van der Waals surface area contributed by atoms with Gasteiger partial charge < -0.3 is 4.74 Å². The number of ether oxygens (including phenoxy) is 1. The molecule has 94 valence electrons. The summed E-state index contributed by atoms with van der Waals surface area (Å²) in [5.74, 6) is -5.32. The van der Waals surface area contributed by atoms with Gasteiger partial charge in [-0.25, -0.2) is 13.2 Å². The number of alkyl halides is 2. The number of hydrogen-bond acceptors (Lipinski definition) is 1. The van der Waals surface area contributed by atoms with Crippen molar-refractivity contribution in [3.8, 4) is 5.75 Å². The highest BCUT2D eigenvalue weighted by Gasteiger charge is 2.49. The lowest BCUT2D eigenvalue weighted by Crippen LogP contribution is -2.40. The lowest BCUT2D eigenvalue weighted by atomic mass is 9.81. The molecular weight excluding hydrogens is 253 g/mol. The van der Waals surface area contributed by atoms with Gasteiger partial charge in [0.05, 0.1) is 10.9 Å². The standard InChI is InChI=1S/C12H12ClF3O/c1-6(2)10-9-8(17-5-12(10,15)16)4-3-7(13)11(9)14/h3-4,6,10H,5H2,1-2H3. The lowest BCUT2D eigenvalue weighted by molar-refractivity contribution is -0.0893. The third-order valence-electron chi connectivity index (χ3n) is 2.95. The minimum atomic E-state index is -3.08. The molecule has 0 saturated heterocycles. The van der Waals surface area contributed by atoms with Crippen molar-refractivity contribution in [2.75, 3.05) is 6.61 Å². The van der Waals surface area contributed by atoms with E-state index in [0.717, 1.165) is 0 Å². The van der Waals surface area contributed by atoms with Crippen molar-refractivity contribution >= 4 is 11.6 Å². The van der Waals surface area contributed by atoms with Crippen LogP contribution in [0.25, 0.3) is 0 Å². The Morgan fingerprint density at radius 2 is 2.06 bits per heavy atom. The van der Waals surface area contributed by atoms with E-state index in [9.17, 15) is 13.2 Å². The van der Waals surface area contributed by atoms with Crippen LogP contribution >= 0.6 is 11.6 Å². The van der Waals surface area contributed by atoms with E-state index in [1.54, 1.807) is 13.8 Å². The van der Waals surface area contributed by atoms with E-state index in [2.05, 4.69) is 0 Å². The topological polar surface area (TPSA) is 9.23 Å². The summed E-state index contributed by atoms with van der Waals surface area (Å²) in [6.07, 6.45) is 0. The first kappa shape index (κ1) is 12.6. The smallest absolute Gasteiger partial charge is 0.288 e. The fourth-order valence-electron chi connectivity index (χ4n) is 2.26. The predicted molar refractivity (Wildman–Crippen MR) is 59.4 cm³/mol. The first-order valence-corrected chi connectivity index (χ1v) is 5.71. The van der Waals surface area contributed by atoms with Gasteiger partial charge in [0, 0.05) is 5.56 Å². The van der Waals surface area contributed by atoms with Gasteiger partial charge in [-0.05, 0) is 18.1 Å². The molecule has 0 aliphatic carbocycles. The highest BCUT2D eigenvalue weighted by atomic mass is 35.5. The minimum Gasteiger partial charge on any atom is -0.487 e. The number of fused-ring (bicyclic) bond motifs is 1. The Balaban J connectivity index is 2.63. The molecule has 1 atom stereocenters. The Morgan fingerprint density at radius 3 is 2.65 bits per heavy atom. The summed E-state index contributed by atoms with van der Waals surface area (Å²) in [5.41, 5.74) is -0.108. The van der Waals surface area contributed by atoms with Crippen LogP contribution in [0.15, 0.2) is 12.1 Å². The molecule has 1 aromatic carbocycles. The van der Waals surface area contributed by atoms with Crippen molar-refractivity contribution in [2.45, 2.75) is 25.7 Å². The molecule has 1 aliphatic rings. The van der Waals surface area contributed by atoms with Gasteiger partial charge in [-0.2, -0.15) is 0 Å². The van der Waals surface area contributed by atoms with Gasteiger partial charge >= 0.3 is 0 Å². The van der Waals surface area contributed by atoms with Crippen LogP contribution in [-0.2, 0) is 0 Å². The fourth-order valence-corrected chi connectivity index (χ4v) is 2.42. The quantitative estimate of drug-likeness (QED) is 0.737. The summed E-state index contributed by atoms with van der Waals surface area (Å²) in [4.78, 5) is 0. The molecule has 17 heavy (non-hydrogen) atoms. The summed E-state index contributed by atoms with van der Waals surface area (Å²) < 4.78 is 46.3. The van der Waals surface area contributed by atoms with Crippen molar-refractivity contribution < 1.29 is 17.9 Å². The Morgan fingerprint density at radius 1 is 1.41 bits per heavy atom. The molecule has 0 fully saturated rings. The van der Waals surface area contributed by atoms with E-state index in [4.69, 9.17) is 16.3 Å². The summed E-state index contributed by atoms with van der Waals surface area (Å²) in [5, 5.41) is -0.157. The van der Waals surface area contributed by atoms with E-state index >= 15 is 0 Å². The van der Waals surface area contributed by atoms with Gasteiger partial charge in [0.2, 0.25) is 0 Å². The zero-order valence-corrected chi connectivity index (χ0v) is 10.2. The predicted octanol–water partition coefficient (Wildman–Crippen LogP) is 4.25. The molecule has 0 radical (unpaired) electrons. The highest BCUT2D eigenvalue weighted by Crippen LogP contribution is 2.48. The van der Waals surface area contributed by atoms with Crippen LogP contribution in [0.2, 0.25) is 5.02 Å². The van der Waals surface area contributed by atoms with Gasteiger partial charge in [-0.15, -0.1) is 0 Å². The maximum absolute atomic E-state index is 13.9. The molecule has 1 unspecified atom stereocenters. The molecule has 2 rings (SSSR count). The highest BCUT2D eigenvalue weighted by molar-refractivity contribution is 6.30. The average molecular weight is 265 g/mol. The van der Waals surface area contributed by atoms with Crippen LogP contribution in [0.5, 0.6) is 5.75 Å². The third-order valence-corrected chi connectivity index (χ3v) is 3.24. The van der Waals surface area contributed by atoms with Crippen molar-refractivity contribution in [1.82, 2.24) is 0 Å². The van der Waals surface area contributed by atoms with Crippen LogP contribution in [0.4, 0.5) is 13.2 Å². The molecule has 1 aliphatic heterocycles. The Bertz CT molecular complexity index is 446. The van der Waals surface area contributed by atoms with Gasteiger partial charge in [0.25, 0.3) is 5.92 Å². The number of hydrogen-bond donors (Lipinski definition) is 0. The number of rotatable bonds is 1. The Kier molecular flexibility index (Phi) is 3.02. The van der Waals surface area contributed by atoms with E-state index in [0.29, 0.717) is 0 Å². The van der Waals surface area contributed by atoms with Crippen LogP contribution in [0.3, 0.4) is 0 Å². The monoisotopic (exact) mass is 264 g/mol. The van der Waals surface area contributed by atoms with Gasteiger partial charge in [-0.3, -0.25) is 0 Å². The summed E-state index contributed by atoms with van der Waals surface area (Å²) in [6, 6.07) is 2.75. The minimum absolute atomic E-state index is 0.108. The zero-order chi connectivity index (χ0) is 12.8. The molecule has 0 saturated carbocycles. The van der Waals surface area contributed by atoms with Crippen molar-refractivity contribution in [2.24, 2.45) is 5.92 Å². The number of benzene rings is 1. The van der Waals surface area contributed by atoms with E-state index in [1.165, 1.54) is 12.1 Å². The van der Waals surface area contributed by atoms with Gasteiger partial charge in [-0.1, -0.05) is 25.4 Å². The summed E-state index contributed by atoms with van der Waals surface area (Å²) >= 11 is 5.63. The van der Waals surface area contributed by atoms with Crippen molar-refractivity contribution in [3.63, 3.8) is 0 Å². The normalized spacial score (nSPS) is 22.2. The molecule has 0 amide bonds. The third kappa shape index (κ3) is 1.99. The molecule has 0 aromatic heterocycles. The number of halogens is 4. The zero-order valence-electron chi connectivity index (χ0n) is 9.44. The lowest BCUT2D eigenvalue weighted by Gasteiger charge is -2.36. The molecule has 1 heterocycles. The van der Waals surface area contributed by atoms with Crippen molar-refractivity contribution in [1.29, 1.82) is 0 Å². The van der Waals surface area contributed by atoms with Crippen LogP contribution in [0.1, 0.15) is 25.3 Å². The second-order valence-electron chi connectivity index (χ2n) is 4.54. The molecular formula is C12H12ClF3O. The second-order valence-corrected chi connectivity index (χ2v) is 4.95. The Hall–Kier alpha value is -0.900.